The first-order valence-corrected chi connectivity index (χ1v) is 7.30. The molecule has 3 rings (SSSR count). The summed E-state index contributed by atoms with van der Waals surface area (Å²) in [6.07, 6.45) is 16.8. The van der Waals surface area contributed by atoms with Crippen molar-refractivity contribution in [3.8, 4) is 0 Å². The molecule has 0 heteroatoms. The molecule has 85 valence electrons. The normalized spacial score (nSPS) is 42.8. The monoisotopic (exact) mass is 205 g/mol. The molecule has 0 aromatic rings. The summed E-state index contributed by atoms with van der Waals surface area (Å²) < 4.78 is 0. The molecular weight excluding hydrogens is 180 g/mol. The maximum atomic E-state index is 2.00. The van der Waals surface area contributed by atoms with Crippen molar-refractivity contribution in [2.75, 3.05) is 0 Å². The van der Waals surface area contributed by atoms with E-state index in [-0.39, 0.29) is 0 Å². The molecule has 0 aromatic carbocycles. The Kier molecular flexibility index (Phi) is 3.03. The summed E-state index contributed by atoms with van der Waals surface area (Å²) in [6, 6.07) is 0. The van der Waals surface area contributed by atoms with Crippen molar-refractivity contribution < 1.29 is 0 Å². The molecule has 0 nitrogen and oxygen atoms in total. The van der Waals surface area contributed by atoms with Gasteiger partial charge in [0, 0.05) is 0 Å². The van der Waals surface area contributed by atoms with Crippen molar-refractivity contribution in [1.29, 1.82) is 0 Å². The van der Waals surface area contributed by atoms with Gasteiger partial charge in [-0.25, -0.2) is 0 Å². The molecule has 15 heavy (non-hydrogen) atoms. The average Bonchev–Trinajstić information content (AvgIpc) is 2.78. The van der Waals surface area contributed by atoms with Crippen LogP contribution in [0.15, 0.2) is 0 Å². The Labute approximate surface area is 94.8 Å². The van der Waals surface area contributed by atoms with E-state index in [1.807, 2.05) is 5.92 Å². The third kappa shape index (κ3) is 1.97. The Bertz CT molecular complexity index is 202. The Morgan fingerprint density at radius 3 is 2.20 bits per heavy atom. The summed E-state index contributed by atoms with van der Waals surface area (Å²) >= 11 is 0. The molecule has 3 aliphatic rings. The average molecular weight is 205 g/mol. The van der Waals surface area contributed by atoms with Crippen LogP contribution in [0.2, 0.25) is 0 Å². The highest BCUT2D eigenvalue weighted by molar-refractivity contribution is 5.04. The minimum absolute atomic E-state index is 1.08. The molecule has 3 atom stereocenters. The topological polar surface area (TPSA) is 0 Å². The van der Waals surface area contributed by atoms with Gasteiger partial charge in [-0.15, -0.1) is 0 Å². The minimum Gasteiger partial charge on any atom is -0.0533 e. The molecule has 3 unspecified atom stereocenters. The van der Waals surface area contributed by atoms with E-state index in [4.69, 9.17) is 0 Å². The van der Waals surface area contributed by atoms with Gasteiger partial charge in [0.05, 0.1) is 0 Å². The molecule has 3 aliphatic carbocycles. The van der Waals surface area contributed by atoms with Crippen LogP contribution in [-0.2, 0) is 0 Å². The molecular formula is C15H25. The van der Waals surface area contributed by atoms with Crippen LogP contribution in [0.25, 0.3) is 0 Å². The summed E-state index contributed by atoms with van der Waals surface area (Å²) in [7, 11) is 0. The number of hydrogen-bond acceptors (Lipinski definition) is 0. The van der Waals surface area contributed by atoms with E-state index >= 15 is 0 Å². The minimum atomic E-state index is 1.08. The lowest BCUT2D eigenvalue weighted by atomic mass is 9.65. The third-order valence-corrected chi connectivity index (χ3v) is 5.34. The second-order valence-corrected chi connectivity index (χ2v) is 6.11. The second kappa shape index (κ2) is 4.47. The van der Waals surface area contributed by atoms with Gasteiger partial charge in [-0.3, -0.25) is 0 Å². The lowest BCUT2D eigenvalue weighted by molar-refractivity contribution is 0.175. The first-order valence-electron chi connectivity index (χ1n) is 7.30. The molecule has 3 fully saturated rings. The summed E-state index contributed by atoms with van der Waals surface area (Å²) in [5, 5.41) is 0. The zero-order valence-electron chi connectivity index (χ0n) is 10.0. The highest BCUT2D eigenvalue weighted by Crippen LogP contribution is 2.51. The summed E-state index contributed by atoms with van der Waals surface area (Å²) in [5.41, 5.74) is 0. The lowest BCUT2D eigenvalue weighted by Crippen LogP contribution is -2.30. The standard InChI is InChI=1S/C15H25/c1-2-6-12(7-3-1)14-10-4-8-13-9-5-11-15(13)14/h13-15H,1-11H2. The Balaban J connectivity index is 1.67. The molecule has 1 radical (unpaired) electrons. The Hall–Kier alpha value is 0. The van der Waals surface area contributed by atoms with Gasteiger partial charge >= 0.3 is 0 Å². The van der Waals surface area contributed by atoms with E-state index < -0.39 is 0 Å². The molecule has 0 aromatic heterocycles. The molecule has 0 saturated heterocycles. The first kappa shape index (κ1) is 10.2. The van der Waals surface area contributed by atoms with Crippen LogP contribution >= 0.6 is 0 Å². The van der Waals surface area contributed by atoms with Gasteiger partial charge < -0.3 is 0 Å². The number of rotatable bonds is 1. The van der Waals surface area contributed by atoms with Crippen LogP contribution in [0.5, 0.6) is 0 Å². The van der Waals surface area contributed by atoms with Gasteiger partial charge in [-0.1, -0.05) is 44.9 Å². The summed E-state index contributed by atoms with van der Waals surface area (Å²) in [5.74, 6) is 5.34. The quantitative estimate of drug-likeness (QED) is 0.580. The van der Waals surface area contributed by atoms with Crippen molar-refractivity contribution in [2.45, 2.75) is 70.6 Å². The van der Waals surface area contributed by atoms with Crippen molar-refractivity contribution in [2.24, 2.45) is 17.8 Å². The summed E-state index contributed by atoms with van der Waals surface area (Å²) in [4.78, 5) is 0. The highest BCUT2D eigenvalue weighted by atomic mass is 14.4. The van der Waals surface area contributed by atoms with E-state index in [2.05, 4.69) is 0 Å². The highest BCUT2D eigenvalue weighted by Gasteiger charge is 2.40. The molecule has 0 heterocycles. The molecule has 0 bridgehead atoms. The molecule has 0 aliphatic heterocycles. The fraction of sp³-hybridized carbons (Fsp3) is 0.933. The van der Waals surface area contributed by atoms with Gasteiger partial charge in [-0.2, -0.15) is 0 Å². The number of hydrogen-bond donors (Lipinski definition) is 0. The van der Waals surface area contributed by atoms with Crippen LogP contribution in [-0.4, -0.2) is 0 Å². The van der Waals surface area contributed by atoms with Gasteiger partial charge in [0.2, 0.25) is 0 Å². The smallest absolute Gasteiger partial charge is 0.0207 e. The molecule has 0 N–H and O–H groups in total. The van der Waals surface area contributed by atoms with Crippen LogP contribution < -0.4 is 0 Å². The fourth-order valence-corrected chi connectivity index (χ4v) is 4.65. The predicted molar refractivity (Wildman–Crippen MR) is 64.5 cm³/mol. The van der Waals surface area contributed by atoms with Crippen molar-refractivity contribution in [3.05, 3.63) is 5.92 Å². The van der Waals surface area contributed by atoms with Crippen LogP contribution in [0, 0.1) is 23.7 Å². The largest absolute Gasteiger partial charge is 0.0533 e. The Morgan fingerprint density at radius 1 is 0.667 bits per heavy atom. The zero-order valence-corrected chi connectivity index (χ0v) is 10.0. The maximum Gasteiger partial charge on any atom is -0.0207 e. The van der Waals surface area contributed by atoms with Gasteiger partial charge in [0.1, 0.15) is 0 Å². The fourth-order valence-electron chi connectivity index (χ4n) is 4.65. The van der Waals surface area contributed by atoms with Crippen molar-refractivity contribution in [3.63, 3.8) is 0 Å². The predicted octanol–water partition coefficient (Wildman–Crippen LogP) is 4.74. The van der Waals surface area contributed by atoms with Crippen LogP contribution in [0.3, 0.4) is 0 Å². The summed E-state index contributed by atoms with van der Waals surface area (Å²) in [6.45, 7) is 0. The van der Waals surface area contributed by atoms with Crippen molar-refractivity contribution in [1.82, 2.24) is 0 Å². The van der Waals surface area contributed by atoms with Gasteiger partial charge in [0.25, 0.3) is 0 Å². The SMILES string of the molecule is C1CC[C](C2CCCC3CCCC32)CC1. The third-order valence-electron chi connectivity index (χ3n) is 5.34. The van der Waals surface area contributed by atoms with E-state index in [0.717, 1.165) is 17.8 Å². The van der Waals surface area contributed by atoms with E-state index in [9.17, 15) is 0 Å². The first-order chi connectivity index (χ1) is 7.45. The molecule has 0 amide bonds. The molecule has 0 spiro atoms. The second-order valence-electron chi connectivity index (χ2n) is 6.11. The zero-order chi connectivity index (χ0) is 10.1. The van der Waals surface area contributed by atoms with Crippen molar-refractivity contribution >= 4 is 0 Å². The van der Waals surface area contributed by atoms with Crippen LogP contribution in [0.1, 0.15) is 70.6 Å². The maximum absolute atomic E-state index is 2.00. The Morgan fingerprint density at radius 2 is 1.40 bits per heavy atom. The van der Waals surface area contributed by atoms with E-state index in [1.165, 1.54) is 38.5 Å². The molecule has 3 saturated carbocycles. The van der Waals surface area contributed by atoms with E-state index in [1.54, 1.807) is 32.1 Å². The lowest BCUT2D eigenvalue weighted by Gasteiger charge is -2.40. The van der Waals surface area contributed by atoms with Crippen LogP contribution in [0.4, 0.5) is 0 Å². The van der Waals surface area contributed by atoms with Gasteiger partial charge in [0.15, 0.2) is 0 Å². The number of fused-ring (bicyclic) bond motifs is 1. The van der Waals surface area contributed by atoms with Gasteiger partial charge in [-0.05, 0) is 49.4 Å². The van der Waals surface area contributed by atoms with E-state index in [0.29, 0.717) is 0 Å².